The summed E-state index contributed by atoms with van der Waals surface area (Å²) in [6.07, 6.45) is 5.94. The number of hydrogen-bond donors (Lipinski definition) is 0. The van der Waals surface area contributed by atoms with E-state index in [0.717, 1.165) is 12.8 Å². The Bertz CT molecular complexity index is 283. The zero-order chi connectivity index (χ0) is 14.0. The minimum atomic E-state index is -0.432. The third kappa shape index (κ3) is 3.07. The zero-order valence-electron chi connectivity index (χ0n) is 13.0. The zero-order valence-corrected chi connectivity index (χ0v) is 13.0. The molecule has 0 heterocycles. The van der Waals surface area contributed by atoms with Crippen LogP contribution in [-0.4, -0.2) is 12.1 Å². The molecule has 0 aromatic rings. The molecule has 0 spiro atoms. The summed E-state index contributed by atoms with van der Waals surface area (Å²) >= 11 is 0. The molecular weight excluding hydrogens is 224 g/mol. The first-order valence-corrected chi connectivity index (χ1v) is 7.40. The van der Waals surface area contributed by atoms with E-state index in [-0.39, 0.29) is 17.5 Å². The molecular formula is C16H30O2. The van der Waals surface area contributed by atoms with Gasteiger partial charge in [0, 0.05) is 0 Å². The summed E-state index contributed by atoms with van der Waals surface area (Å²) in [7, 11) is 0. The Morgan fingerprint density at radius 3 is 2.00 bits per heavy atom. The lowest BCUT2D eigenvalue weighted by Gasteiger charge is -2.43. The molecule has 106 valence electrons. The van der Waals surface area contributed by atoms with Crippen molar-refractivity contribution in [1.82, 2.24) is 0 Å². The quantitative estimate of drug-likeness (QED) is 0.687. The van der Waals surface area contributed by atoms with E-state index in [1.807, 2.05) is 13.8 Å². The second kappa shape index (κ2) is 5.63. The largest absolute Gasteiger partial charge is 0.462 e. The van der Waals surface area contributed by atoms with Crippen molar-refractivity contribution in [2.24, 2.45) is 16.7 Å². The first kappa shape index (κ1) is 15.5. The number of hydrogen-bond acceptors (Lipinski definition) is 2. The van der Waals surface area contributed by atoms with Gasteiger partial charge in [0.15, 0.2) is 0 Å². The molecule has 0 aromatic carbocycles. The van der Waals surface area contributed by atoms with Crippen LogP contribution < -0.4 is 0 Å². The van der Waals surface area contributed by atoms with Gasteiger partial charge in [-0.2, -0.15) is 0 Å². The van der Waals surface area contributed by atoms with E-state index in [4.69, 9.17) is 4.74 Å². The average Bonchev–Trinajstić information content (AvgIpc) is 2.29. The normalized spacial score (nSPS) is 19.1. The van der Waals surface area contributed by atoms with E-state index in [0.29, 0.717) is 5.92 Å². The number of ether oxygens (including phenoxy) is 1. The molecule has 0 N–H and O–H groups in total. The monoisotopic (exact) mass is 254 g/mol. The lowest BCUT2D eigenvalue weighted by Crippen LogP contribution is -2.45. The van der Waals surface area contributed by atoms with Crippen LogP contribution in [0.15, 0.2) is 0 Å². The van der Waals surface area contributed by atoms with Crippen molar-refractivity contribution in [3.8, 4) is 0 Å². The van der Waals surface area contributed by atoms with E-state index in [1.165, 1.54) is 19.3 Å². The van der Waals surface area contributed by atoms with Crippen molar-refractivity contribution >= 4 is 5.97 Å². The summed E-state index contributed by atoms with van der Waals surface area (Å²) in [5.41, 5.74) is -0.489. The molecule has 1 rings (SSSR count). The van der Waals surface area contributed by atoms with Crippen molar-refractivity contribution in [2.75, 3.05) is 0 Å². The Kier molecular flexibility index (Phi) is 4.85. The van der Waals surface area contributed by atoms with Gasteiger partial charge < -0.3 is 4.74 Å². The molecule has 2 nitrogen and oxygen atoms in total. The third-order valence-electron chi connectivity index (χ3n) is 5.39. The van der Waals surface area contributed by atoms with Crippen LogP contribution in [-0.2, 0) is 9.53 Å². The van der Waals surface area contributed by atoms with E-state index in [1.54, 1.807) is 0 Å². The van der Waals surface area contributed by atoms with Crippen LogP contribution in [0.3, 0.4) is 0 Å². The van der Waals surface area contributed by atoms with Gasteiger partial charge in [0.1, 0.15) is 6.10 Å². The summed E-state index contributed by atoms with van der Waals surface area (Å²) < 4.78 is 5.75. The van der Waals surface area contributed by atoms with Gasteiger partial charge in [0.05, 0.1) is 5.41 Å². The van der Waals surface area contributed by atoms with Crippen molar-refractivity contribution < 1.29 is 9.53 Å². The lowest BCUT2D eigenvalue weighted by atomic mass is 9.62. The van der Waals surface area contributed by atoms with Gasteiger partial charge in [0.25, 0.3) is 0 Å². The molecule has 1 aliphatic carbocycles. The summed E-state index contributed by atoms with van der Waals surface area (Å²) in [5, 5.41) is 0. The van der Waals surface area contributed by atoms with Gasteiger partial charge in [-0.05, 0) is 50.9 Å². The molecule has 2 heteroatoms. The third-order valence-corrected chi connectivity index (χ3v) is 5.39. The van der Waals surface area contributed by atoms with Crippen molar-refractivity contribution in [3.05, 3.63) is 0 Å². The first-order chi connectivity index (χ1) is 8.19. The van der Waals surface area contributed by atoms with Crippen molar-refractivity contribution in [2.45, 2.75) is 79.8 Å². The minimum Gasteiger partial charge on any atom is -0.462 e. The molecule has 1 aliphatic rings. The topological polar surface area (TPSA) is 26.3 Å². The molecule has 0 radical (unpaired) electrons. The second-order valence-electron chi connectivity index (χ2n) is 7.17. The van der Waals surface area contributed by atoms with Crippen molar-refractivity contribution in [1.29, 1.82) is 0 Å². The predicted molar refractivity (Wildman–Crippen MR) is 75.4 cm³/mol. The average molecular weight is 254 g/mol. The molecule has 0 aliphatic heterocycles. The second-order valence-corrected chi connectivity index (χ2v) is 7.17. The van der Waals surface area contributed by atoms with Gasteiger partial charge in [-0.3, -0.25) is 4.79 Å². The molecule has 0 amide bonds. The van der Waals surface area contributed by atoms with Crippen LogP contribution in [0.2, 0.25) is 0 Å². The molecule has 0 aromatic heterocycles. The fourth-order valence-corrected chi connectivity index (χ4v) is 2.47. The SMILES string of the molecule is CC(C)C(C)(C)C(C)(C)C(=O)OC1CCCCC1. The van der Waals surface area contributed by atoms with Crippen LogP contribution in [0.1, 0.15) is 73.6 Å². The Balaban J connectivity index is 2.69. The van der Waals surface area contributed by atoms with Crippen LogP contribution in [0, 0.1) is 16.7 Å². The molecule has 1 saturated carbocycles. The van der Waals surface area contributed by atoms with Crippen molar-refractivity contribution in [3.63, 3.8) is 0 Å². The Morgan fingerprint density at radius 2 is 1.56 bits per heavy atom. The Labute approximate surface area is 112 Å². The summed E-state index contributed by atoms with van der Waals surface area (Å²) in [6.45, 7) is 12.7. The number of esters is 1. The molecule has 0 atom stereocenters. The van der Waals surface area contributed by atoms with Gasteiger partial charge in [-0.15, -0.1) is 0 Å². The Morgan fingerprint density at radius 1 is 1.06 bits per heavy atom. The van der Waals surface area contributed by atoms with E-state index in [2.05, 4.69) is 27.7 Å². The maximum atomic E-state index is 12.5. The smallest absolute Gasteiger partial charge is 0.312 e. The highest BCUT2D eigenvalue weighted by atomic mass is 16.5. The van der Waals surface area contributed by atoms with Gasteiger partial charge in [-0.1, -0.05) is 34.1 Å². The molecule has 18 heavy (non-hydrogen) atoms. The first-order valence-electron chi connectivity index (χ1n) is 7.40. The van der Waals surface area contributed by atoms with E-state index >= 15 is 0 Å². The van der Waals surface area contributed by atoms with Gasteiger partial charge >= 0.3 is 5.97 Å². The van der Waals surface area contributed by atoms with Gasteiger partial charge in [-0.25, -0.2) is 0 Å². The van der Waals surface area contributed by atoms with Crippen LogP contribution in [0.5, 0.6) is 0 Å². The maximum absolute atomic E-state index is 12.5. The predicted octanol–water partition coefficient (Wildman–Crippen LogP) is 4.57. The highest BCUT2D eigenvalue weighted by molar-refractivity contribution is 5.77. The van der Waals surface area contributed by atoms with Crippen LogP contribution in [0.25, 0.3) is 0 Å². The van der Waals surface area contributed by atoms with E-state index < -0.39 is 5.41 Å². The highest BCUT2D eigenvalue weighted by Gasteiger charge is 2.46. The molecule has 0 saturated heterocycles. The number of rotatable bonds is 4. The Hall–Kier alpha value is -0.530. The maximum Gasteiger partial charge on any atom is 0.312 e. The summed E-state index contributed by atoms with van der Waals surface area (Å²) in [5.74, 6) is 0.430. The summed E-state index contributed by atoms with van der Waals surface area (Å²) in [4.78, 5) is 12.5. The van der Waals surface area contributed by atoms with Crippen LogP contribution >= 0.6 is 0 Å². The van der Waals surface area contributed by atoms with E-state index in [9.17, 15) is 4.79 Å². The highest BCUT2D eigenvalue weighted by Crippen LogP contribution is 2.45. The number of carbonyl (C=O) groups is 1. The fourth-order valence-electron chi connectivity index (χ4n) is 2.47. The fraction of sp³-hybridized carbons (Fsp3) is 0.938. The van der Waals surface area contributed by atoms with Gasteiger partial charge in [0.2, 0.25) is 0 Å². The molecule has 1 fully saturated rings. The standard InChI is InChI=1S/C16H30O2/c1-12(2)15(3,4)16(5,6)14(17)18-13-10-8-7-9-11-13/h12-13H,7-11H2,1-6H3. The van der Waals surface area contributed by atoms with Crippen LogP contribution in [0.4, 0.5) is 0 Å². The lowest BCUT2D eigenvalue weighted by molar-refractivity contribution is -0.170. The minimum absolute atomic E-state index is 0.0203. The number of carbonyl (C=O) groups excluding carboxylic acids is 1. The summed E-state index contributed by atoms with van der Waals surface area (Å²) in [6, 6.07) is 0. The molecule has 0 bridgehead atoms. The molecule has 0 unspecified atom stereocenters.